The van der Waals surface area contributed by atoms with E-state index < -0.39 is 0 Å². The Balaban J connectivity index is 1.50. The van der Waals surface area contributed by atoms with Gasteiger partial charge in [0.1, 0.15) is 0 Å². The fourth-order valence-corrected chi connectivity index (χ4v) is 3.92. The Morgan fingerprint density at radius 3 is 2.67 bits per heavy atom. The normalized spacial score (nSPS) is 25.6. The van der Waals surface area contributed by atoms with Gasteiger partial charge >= 0.3 is 0 Å². The van der Waals surface area contributed by atoms with E-state index in [1.165, 1.54) is 4.90 Å². The monoisotopic (exact) mass is 330 g/mol. The van der Waals surface area contributed by atoms with Crippen LogP contribution in [0.4, 0.5) is 0 Å². The quantitative estimate of drug-likeness (QED) is 0.831. The van der Waals surface area contributed by atoms with Crippen molar-refractivity contribution in [2.24, 2.45) is 5.41 Å². The van der Waals surface area contributed by atoms with Gasteiger partial charge in [0.2, 0.25) is 5.91 Å². The molecule has 1 aliphatic heterocycles. The Labute approximate surface area is 143 Å². The van der Waals surface area contributed by atoms with Gasteiger partial charge in [-0.05, 0) is 43.7 Å². The van der Waals surface area contributed by atoms with Crippen LogP contribution in [0.5, 0.6) is 0 Å². The molecule has 0 radical (unpaired) electrons. The summed E-state index contributed by atoms with van der Waals surface area (Å²) in [5, 5.41) is 0. The van der Waals surface area contributed by atoms with Crippen molar-refractivity contribution in [3.05, 3.63) is 35.9 Å². The second-order valence-electron chi connectivity index (χ2n) is 7.08. The van der Waals surface area contributed by atoms with Gasteiger partial charge in [0.15, 0.2) is 0 Å². The van der Waals surface area contributed by atoms with Crippen molar-refractivity contribution in [2.75, 3.05) is 33.3 Å². The molecule has 5 heteroatoms. The fraction of sp³-hybridized carbons (Fsp3) is 0.579. The van der Waals surface area contributed by atoms with E-state index in [2.05, 4.69) is 0 Å². The lowest BCUT2D eigenvalue weighted by atomic mass is 9.66. The first-order valence-electron chi connectivity index (χ1n) is 8.73. The van der Waals surface area contributed by atoms with Crippen LogP contribution in [-0.2, 0) is 9.53 Å². The number of ether oxygens (including phenoxy) is 1. The molecule has 24 heavy (non-hydrogen) atoms. The van der Waals surface area contributed by atoms with E-state index in [9.17, 15) is 9.59 Å². The molecule has 0 atom stereocenters. The minimum Gasteiger partial charge on any atom is -0.378 e. The maximum Gasteiger partial charge on any atom is 0.254 e. The first-order chi connectivity index (χ1) is 11.5. The lowest BCUT2D eigenvalue weighted by Crippen LogP contribution is -2.46. The molecule has 0 unspecified atom stereocenters. The summed E-state index contributed by atoms with van der Waals surface area (Å²) in [7, 11) is 1.69. The molecule has 2 aliphatic rings. The number of rotatable bonds is 5. The molecule has 2 amide bonds. The standard InChI is InChI=1S/C19H26N2O3/c1-3-24-16-11-19(12-16)9-10-21(14-19)17(22)13-20(2)18(23)15-7-5-4-6-8-15/h4-8,16H,3,9-14H2,1-2H3. The van der Waals surface area contributed by atoms with E-state index in [-0.39, 0.29) is 23.8 Å². The smallest absolute Gasteiger partial charge is 0.254 e. The zero-order valence-corrected chi connectivity index (χ0v) is 14.5. The molecule has 2 fully saturated rings. The lowest BCUT2D eigenvalue weighted by molar-refractivity contribution is -0.132. The second-order valence-corrected chi connectivity index (χ2v) is 7.08. The number of carbonyl (C=O) groups is 2. The molecule has 0 N–H and O–H groups in total. The van der Waals surface area contributed by atoms with Gasteiger partial charge in [0.05, 0.1) is 12.6 Å². The summed E-state index contributed by atoms with van der Waals surface area (Å²) in [6, 6.07) is 9.09. The van der Waals surface area contributed by atoms with E-state index >= 15 is 0 Å². The summed E-state index contributed by atoms with van der Waals surface area (Å²) in [5.74, 6) is -0.0727. The average molecular weight is 330 g/mol. The average Bonchev–Trinajstić information content (AvgIpc) is 3.00. The van der Waals surface area contributed by atoms with Gasteiger partial charge in [0.25, 0.3) is 5.91 Å². The van der Waals surface area contributed by atoms with Crippen molar-refractivity contribution in [3.63, 3.8) is 0 Å². The highest BCUT2D eigenvalue weighted by molar-refractivity contribution is 5.96. The van der Waals surface area contributed by atoms with Crippen molar-refractivity contribution in [1.82, 2.24) is 9.80 Å². The molecule has 1 heterocycles. The van der Waals surface area contributed by atoms with E-state index in [0.29, 0.717) is 11.7 Å². The van der Waals surface area contributed by atoms with Crippen molar-refractivity contribution in [1.29, 1.82) is 0 Å². The van der Waals surface area contributed by atoms with Gasteiger partial charge in [-0.15, -0.1) is 0 Å². The van der Waals surface area contributed by atoms with Crippen LogP contribution in [0.3, 0.4) is 0 Å². The Hall–Kier alpha value is -1.88. The van der Waals surface area contributed by atoms with Crippen LogP contribution >= 0.6 is 0 Å². The highest BCUT2D eigenvalue weighted by Crippen LogP contribution is 2.49. The van der Waals surface area contributed by atoms with E-state index in [4.69, 9.17) is 4.74 Å². The number of carbonyl (C=O) groups excluding carboxylic acids is 2. The highest BCUT2D eigenvalue weighted by atomic mass is 16.5. The SMILES string of the molecule is CCOC1CC2(CCN(C(=O)CN(C)C(=O)c3ccccc3)C2)C1. The van der Waals surface area contributed by atoms with Crippen molar-refractivity contribution < 1.29 is 14.3 Å². The molecular weight excluding hydrogens is 304 g/mol. The number of nitrogens with zero attached hydrogens (tertiary/aromatic N) is 2. The highest BCUT2D eigenvalue weighted by Gasteiger charge is 2.49. The minimum absolute atomic E-state index is 0.0403. The third-order valence-corrected chi connectivity index (χ3v) is 5.25. The number of amides is 2. The van der Waals surface area contributed by atoms with Gasteiger partial charge in [-0.3, -0.25) is 9.59 Å². The van der Waals surface area contributed by atoms with Crippen LogP contribution in [0.25, 0.3) is 0 Å². The van der Waals surface area contributed by atoms with Gasteiger partial charge < -0.3 is 14.5 Å². The zero-order chi connectivity index (χ0) is 17.2. The Bertz CT molecular complexity index is 596. The van der Waals surface area contributed by atoms with Crippen molar-refractivity contribution in [2.45, 2.75) is 32.3 Å². The number of hydrogen-bond acceptors (Lipinski definition) is 3. The Morgan fingerprint density at radius 1 is 1.29 bits per heavy atom. The Morgan fingerprint density at radius 2 is 2.00 bits per heavy atom. The molecule has 0 aromatic heterocycles. The first kappa shape index (κ1) is 17.0. The summed E-state index contributed by atoms with van der Waals surface area (Å²) in [6.07, 6.45) is 3.54. The molecule has 1 spiro atoms. The minimum atomic E-state index is -0.113. The maximum atomic E-state index is 12.5. The largest absolute Gasteiger partial charge is 0.378 e. The van der Waals surface area contributed by atoms with Crippen LogP contribution in [0.1, 0.15) is 36.5 Å². The van der Waals surface area contributed by atoms with Gasteiger partial charge in [0, 0.05) is 32.3 Å². The van der Waals surface area contributed by atoms with Gasteiger partial charge in [-0.2, -0.15) is 0 Å². The molecule has 1 aliphatic carbocycles. The summed E-state index contributed by atoms with van der Waals surface area (Å²) in [4.78, 5) is 28.3. The fourth-order valence-electron chi connectivity index (χ4n) is 3.92. The second kappa shape index (κ2) is 6.93. The predicted octanol–water partition coefficient (Wildman–Crippen LogP) is 2.18. The van der Waals surface area contributed by atoms with E-state index in [0.717, 1.165) is 39.0 Å². The van der Waals surface area contributed by atoms with Crippen LogP contribution < -0.4 is 0 Å². The van der Waals surface area contributed by atoms with Crippen LogP contribution in [0.15, 0.2) is 30.3 Å². The topological polar surface area (TPSA) is 49.9 Å². The van der Waals surface area contributed by atoms with Crippen LogP contribution in [0, 0.1) is 5.41 Å². The molecule has 1 aromatic carbocycles. The van der Waals surface area contributed by atoms with Crippen molar-refractivity contribution in [3.8, 4) is 0 Å². The number of likely N-dealkylation sites (tertiary alicyclic amines) is 1. The Kier molecular flexibility index (Phi) is 4.90. The van der Waals surface area contributed by atoms with Gasteiger partial charge in [-0.25, -0.2) is 0 Å². The third kappa shape index (κ3) is 3.46. The van der Waals surface area contributed by atoms with Crippen LogP contribution in [0.2, 0.25) is 0 Å². The summed E-state index contributed by atoms with van der Waals surface area (Å²) >= 11 is 0. The molecule has 1 saturated carbocycles. The predicted molar refractivity (Wildman–Crippen MR) is 91.7 cm³/mol. The summed E-state index contributed by atoms with van der Waals surface area (Å²) in [6.45, 7) is 4.53. The lowest BCUT2D eigenvalue weighted by Gasteiger charge is -2.44. The molecule has 0 bridgehead atoms. The number of hydrogen-bond donors (Lipinski definition) is 0. The van der Waals surface area contributed by atoms with E-state index in [1.54, 1.807) is 19.2 Å². The molecule has 3 rings (SSSR count). The number of benzene rings is 1. The van der Waals surface area contributed by atoms with E-state index in [1.807, 2.05) is 30.0 Å². The number of likely N-dealkylation sites (N-methyl/N-ethyl adjacent to an activating group) is 1. The molecule has 1 saturated heterocycles. The molecule has 5 nitrogen and oxygen atoms in total. The van der Waals surface area contributed by atoms with Crippen LogP contribution in [-0.4, -0.2) is 61.0 Å². The molecular formula is C19H26N2O3. The first-order valence-corrected chi connectivity index (χ1v) is 8.73. The summed E-state index contributed by atoms with van der Waals surface area (Å²) in [5.41, 5.74) is 0.876. The maximum absolute atomic E-state index is 12.5. The summed E-state index contributed by atoms with van der Waals surface area (Å²) < 4.78 is 5.65. The molecule has 1 aromatic rings. The molecule has 130 valence electrons. The van der Waals surface area contributed by atoms with Gasteiger partial charge in [-0.1, -0.05) is 18.2 Å². The third-order valence-electron chi connectivity index (χ3n) is 5.25. The zero-order valence-electron chi connectivity index (χ0n) is 14.5. The van der Waals surface area contributed by atoms with Crippen molar-refractivity contribution >= 4 is 11.8 Å².